The Morgan fingerprint density at radius 2 is 2.03 bits per heavy atom. The van der Waals surface area contributed by atoms with Crippen molar-refractivity contribution in [3.63, 3.8) is 0 Å². The van der Waals surface area contributed by atoms with Crippen molar-refractivity contribution in [2.45, 2.75) is 19.4 Å². The molecule has 1 aliphatic heterocycles. The standard InChI is InChI=1S/C20H26N4O4S/c1-15(25)16-5-4-6-18(11-16)22-20(26)17(12-21)13-24(9-8-23(2)3)19-7-10-29(27,28)14-19/h4-6,11,13,19H,7-10,14H2,1-3H3,(H,22,26)/b17-13-. The fraction of sp³-hybridized carbons (Fsp3) is 0.450. The maximum atomic E-state index is 12.6. The molecule has 9 heteroatoms. The highest BCUT2D eigenvalue weighted by molar-refractivity contribution is 7.91. The SMILES string of the molecule is CC(=O)c1cccc(NC(=O)/C(C#N)=C\N(CCN(C)C)C2CCS(=O)(=O)C2)c1. The van der Waals surface area contributed by atoms with Crippen molar-refractivity contribution in [1.29, 1.82) is 5.26 Å². The van der Waals surface area contributed by atoms with Crippen LogP contribution >= 0.6 is 0 Å². The lowest BCUT2D eigenvalue weighted by Gasteiger charge is -2.28. The van der Waals surface area contributed by atoms with E-state index in [0.29, 0.717) is 30.8 Å². The van der Waals surface area contributed by atoms with E-state index in [2.05, 4.69) is 5.32 Å². The normalized spacial score (nSPS) is 18.3. The van der Waals surface area contributed by atoms with Gasteiger partial charge in [0.05, 0.1) is 11.5 Å². The van der Waals surface area contributed by atoms with Crippen molar-refractivity contribution in [2.75, 3.05) is 44.0 Å². The summed E-state index contributed by atoms with van der Waals surface area (Å²) in [6, 6.07) is 8.10. The zero-order chi connectivity index (χ0) is 21.6. The van der Waals surface area contributed by atoms with Crippen LogP contribution in [0.15, 0.2) is 36.0 Å². The molecule has 29 heavy (non-hydrogen) atoms. The Labute approximate surface area is 171 Å². The minimum absolute atomic E-state index is 0.0118. The highest BCUT2D eigenvalue weighted by atomic mass is 32.2. The average molecular weight is 419 g/mol. The number of hydrogen-bond acceptors (Lipinski definition) is 7. The number of nitriles is 1. The second-order valence-corrected chi connectivity index (χ2v) is 9.57. The van der Waals surface area contributed by atoms with Crippen LogP contribution in [-0.4, -0.2) is 74.6 Å². The maximum Gasteiger partial charge on any atom is 0.267 e. The quantitative estimate of drug-likeness (QED) is 0.385. The van der Waals surface area contributed by atoms with Crippen molar-refractivity contribution in [3.8, 4) is 6.07 Å². The zero-order valence-electron chi connectivity index (χ0n) is 16.9. The molecule has 1 aromatic carbocycles. The van der Waals surface area contributed by atoms with Gasteiger partial charge >= 0.3 is 0 Å². The van der Waals surface area contributed by atoms with Gasteiger partial charge in [-0.1, -0.05) is 12.1 Å². The number of amides is 1. The summed E-state index contributed by atoms with van der Waals surface area (Å²) in [6.45, 7) is 2.57. The molecule has 1 N–H and O–H groups in total. The van der Waals surface area contributed by atoms with Crippen molar-refractivity contribution in [1.82, 2.24) is 9.80 Å². The zero-order valence-corrected chi connectivity index (χ0v) is 17.7. The Morgan fingerprint density at radius 1 is 1.31 bits per heavy atom. The number of sulfone groups is 1. The van der Waals surface area contributed by atoms with Crippen molar-refractivity contribution >= 4 is 27.2 Å². The van der Waals surface area contributed by atoms with Crippen LogP contribution in [0.2, 0.25) is 0 Å². The van der Waals surface area contributed by atoms with Gasteiger partial charge in [0, 0.05) is 36.6 Å². The summed E-state index contributed by atoms with van der Waals surface area (Å²) in [4.78, 5) is 27.8. The lowest BCUT2D eigenvalue weighted by molar-refractivity contribution is -0.112. The monoisotopic (exact) mass is 418 g/mol. The fourth-order valence-electron chi connectivity index (χ4n) is 3.02. The van der Waals surface area contributed by atoms with Crippen molar-refractivity contribution < 1.29 is 18.0 Å². The molecule has 1 aliphatic rings. The number of benzene rings is 1. The number of carbonyl (C=O) groups excluding carboxylic acids is 2. The molecule has 1 amide bonds. The maximum absolute atomic E-state index is 12.6. The van der Waals surface area contributed by atoms with Crippen LogP contribution in [0.3, 0.4) is 0 Å². The number of anilines is 1. The van der Waals surface area contributed by atoms with Gasteiger partial charge in [-0.25, -0.2) is 8.42 Å². The number of hydrogen-bond donors (Lipinski definition) is 1. The average Bonchev–Trinajstić information content (AvgIpc) is 3.01. The summed E-state index contributed by atoms with van der Waals surface area (Å²) in [6.07, 6.45) is 1.91. The fourth-order valence-corrected chi connectivity index (χ4v) is 4.77. The third-order valence-corrected chi connectivity index (χ3v) is 6.42. The Kier molecular flexibility index (Phi) is 7.53. The van der Waals surface area contributed by atoms with Gasteiger partial charge in [0.2, 0.25) is 0 Å². The number of nitrogens with one attached hydrogen (secondary N) is 1. The molecule has 156 valence electrons. The van der Waals surface area contributed by atoms with Crippen molar-refractivity contribution in [3.05, 3.63) is 41.6 Å². The van der Waals surface area contributed by atoms with Crippen LogP contribution in [0, 0.1) is 11.3 Å². The molecule has 1 atom stereocenters. The Balaban J connectivity index is 2.22. The first-order chi connectivity index (χ1) is 13.6. The predicted molar refractivity (Wildman–Crippen MR) is 111 cm³/mol. The highest BCUT2D eigenvalue weighted by Gasteiger charge is 2.31. The van der Waals surface area contributed by atoms with Crippen LogP contribution in [0.5, 0.6) is 0 Å². The van der Waals surface area contributed by atoms with E-state index in [4.69, 9.17) is 0 Å². The highest BCUT2D eigenvalue weighted by Crippen LogP contribution is 2.19. The molecule has 0 saturated carbocycles. The number of likely N-dealkylation sites (N-methyl/N-ethyl adjacent to an activating group) is 1. The smallest absolute Gasteiger partial charge is 0.267 e. The molecule has 0 aromatic heterocycles. The lowest BCUT2D eigenvalue weighted by atomic mass is 10.1. The summed E-state index contributed by atoms with van der Waals surface area (Å²) < 4.78 is 23.7. The Bertz CT molecular complexity index is 947. The number of nitrogens with zero attached hydrogens (tertiary/aromatic N) is 3. The van der Waals surface area contributed by atoms with Gasteiger partial charge in [-0.3, -0.25) is 9.59 Å². The van der Waals surface area contributed by atoms with E-state index in [1.54, 1.807) is 29.2 Å². The summed E-state index contributed by atoms with van der Waals surface area (Å²) in [5.41, 5.74) is 0.738. The number of ketones is 1. The molecule has 0 aliphatic carbocycles. The second-order valence-electron chi connectivity index (χ2n) is 7.34. The predicted octanol–water partition coefficient (Wildman–Crippen LogP) is 1.29. The first-order valence-corrected chi connectivity index (χ1v) is 11.1. The Hall–Kier alpha value is -2.70. The molecule has 1 saturated heterocycles. The molecular formula is C20H26N4O4S. The minimum Gasteiger partial charge on any atom is -0.371 e. The van der Waals surface area contributed by atoms with E-state index in [-0.39, 0.29) is 28.9 Å². The van der Waals surface area contributed by atoms with E-state index >= 15 is 0 Å². The van der Waals surface area contributed by atoms with Crippen LogP contribution in [0.4, 0.5) is 5.69 Å². The molecule has 0 bridgehead atoms. The molecule has 1 fully saturated rings. The largest absolute Gasteiger partial charge is 0.371 e. The molecule has 1 heterocycles. The van der Waals surface area contributed by atoms with Gasteiger partial charge in [-0.15, -0.1) is 0 Å². The first kappa shape index (κ1) is 22.6. The van der Waals surface area contributed by atoms with Gasteiger partial charge < -0.3 is 15.1 Å². The molecular weight excluding hydrogens is 392 g/mol. The van der Waals surface area contributed by atoms with Gasteiger partial charge in [0.15, 0.2) is 15.6 Å². The van der Waals surface area contributed by atoms with Gasteiger partial charge in [0.25, 0.3) is 5.91 Å². The molecule has 0 radical (unpaired) electrons. The van der Waals surface area contributed by atoms with Gasteiger partial charge in [-0.05, 0) is 39.6 Å². The van der Waals surface area contributed by atoms with E-state index < -0.39 is 15.7 Å². The van der Waals surface area contributed by atoms with E-state index in [1.807, 2.05) is 25.1 Å². The number of rotatable bonds is 8. The molecule has 1 unspecified atom stereocenters. The first-order valence-electron chi connectivity index (χ1n) is 9.26. The third-order valence-electron chi connectivity index (χ3n) is 4.67. The van der Waals surface area contributed by atoms with E-state index in [1.165, 1.54) is 13.1 Å². The molecule has 1 aromatic rings. The number of Topliss-reactive ketones (excluding diaryl/α,β-unsaturated/α-hetero) is 1. The molecule has 8 nitrogen and oxygen atoms in total. The summed E-state index contributed by atoms with van der Waals surface area (Å²) in [7, 11) is 0.689. The van der Waals surface area contributed by atoms with Gasteiger partial charge in [0.1, 0.15) is 11.6 Å². The summed E-state index contributed by atoms with van der Waals surface area (Å²) in [5.74, 6) is -0.619. The van der Waals surface area contributed by atoms with E-state index in [0.717, 1.165) is 0 Å². The van der Waals surface area contributed by atoms with Crippen LogP contribution in [0.1, 0.15) is 23.7 Å². The van der Waals surface area contributed by atoms with E-state index in [9.17, 15) is 23.3 Å². The molecule has 2 rings (SSSR count). The van der Waals surface area contributed by atoms with Crippen LogP contribution in [0.25, 0.3) is 0 Å². The topological polar surface area (TPSA) is 111 Å². The third kappa shape index (κ3) is 6.69. The second kappa shape index (κ2) is 9.67. The molecule has 0 spiro atoms. The Morgan fingerprint density at radius 3 is 2.59 bits per heavy atom. The van der Waals surface area contributed by atoms with Crippen LogP contribution in [-0.2, 0) is 14.6 Å². The number of carbonyl (C=O) groups is 2. The van der Waals surface area contributed by atoms with Crippen molar-refractivity contribution in [2.24, 2.45) is 0 Å². The van der Waals surface area contributed by atoms with Crippen LogP contribution < -0.4 is 5.32 Å². The summed E-state index contributed by atoms with van der Waals surface area (Å²) >= 11 is 0. The lowest BCUT2D eigenvalue weighted by Crippen LogP contribution is -2.37. The minimum atomic E-state index is -3.10. The van der Waals surface area contributed by atoms with Gasteiger partial charge in [-0.2, -0.15) is 5.26 Å². The summed E-state index contributed by atoms with van der Waals surface area (Å²) in [5, 5.41) is 12.1.